The number of methoxy groups -OCH3 is 1. The summed E-state index contributed by atoms with van der Waals surface area (Å²) in [6.45, 7) is 0.273. The van der Waals surface area contributed by atoms with Gasteiger partial charge in [0.2, 0.25) is 5.91 Å². The van der Waals surface area contributed by atoms with Crippen molar-refractivity contribution in [3.8, 4) is 18.1 Å². The maximum atomic E-state index is 11.6. The molecule has 1 rings (SSSR count). The van der Waals surface area contributed by atoms with Crippen molar-refractivity contribution in [1.29, 1.82) is 0 Å². The van der Waals surface area contributed by atoms with Crippen LogP contribution in [0.3, 0.4) is 0 Å². The Hall–Kier alpha value is -2.59. The predicted molar refractivity (Wildman–Crippen MR) is 70.0 cm³/mol. The van der Waals surface area contributed by atoms with E-state index in [-0.39, 0.29) is 30.4 Å². The van der Waals surface area contributed by atoms with Crippen LogP contribution in [0.25, 0.3) is 0 Å². The summed E-state index contributed by atoms with van der Waals surface area (Å²) >= 11 is 0. The average molecular weight is 263 g/mol. The van der Waals surface area contributed by atoms with E-state index in [2.05, 4.69) is 16.6 Å². The van der Waals surface area contributed by atoms with Gasteiger partial charge >= 0.3 is 0 Å². The normalized spacial score (nSPS) is 9.47. The van der Waals surface area contributed by atoms with Gasteiger partial charge in [0.25, 0.3) is 5.69 Å². The Morgan fingerprint density at radius 2 is 2.32 bits per heavy atom. The second-order valence-corrected chi connectivity index (χ2v) is 3.50. The van der Waals surface area contributed by atoms with Crippen LogP contribution in [0, 0.1) is 22.5 Å². The molecule has 0 radical (unpaired) electrons. The second kappa shape index (κ2) is 6.98. The van der Waals surface area contributed by atoms with E-state index < -0.39 is 4.92 Å². The molecule has 0 aliphatic heterocycles. The van der Waals surface area contributed by atoms with Gasteiger partial charge in [-0.15, -0.1) is 6.42 Å². The van der Waals surface area contributed by atoms with Crippen molar-refractivity contribution < 1.29 is 14.5 Å². The third-order valence-corrected chi connectivity index (χ3v) is 2.18. The SMILES string of the molecule is C#CCNCC(=O)Nc1cc([N+](=O)[O-])ccc1OC. The van der Waals surface area contributed by atoms with Crippen LogP contribution in [0.2, 0.25) is 0 Å². The number of nitrogens with one attached hydrogen (secondary N) is 2. The van der Waals surface area contributed by atoms with Crippen molar-refractivity contribution in [2.24, 2.45) is 0 Å². The highest BCUT2D eigenvalue weighted by Gasteiger charge is 2.13. The first-order valence-corrected chi connectivity index (χ1v) is 5.35. The van der Waals surface area contributed by atoms with Crippen LogP contribution in [0.5, 0.6) is 5.75 Å². The Balaban J connectivity index is 2.80. The molecule has 1 aromatic rings. The standard InChI is InChI=1S/C12H13N3O4/c1-3-6-13-8-12(16)14-10-7-9(15(17)18)4-5-11(10)19-2/h1,4-5,7,13H,6,8H2,2H3,(H,14,16). The van der Waals surface area contributed by atoms with Gasteiger partial charge in [-0.2, -0.15) is 0 Å². The maximum absolute atomic E-state index is 11.6. The van der Waals surface area contributed by atoms with E-state index in [1.165, 1.54) is 25.3 Å². The number of nitro groups is 1. The van der Waals surface area contributed by atoms with Crippen molar-refractivity contribution in [3.05, 3.63) is 28.3 Å². The number of carbonyl (C=O) groups is 1. The first-order chi connectivity index (χ1) is 9.08. The molecule has 1 amide bonds. The number of hydrogen-bond donors (Lipinski definition) is 2. The number of amides is 1. The molecule has 0 fully saturated rings. The summed E-state index contributed by atoms with van der Waals surface area (Å²) in [4.78, 5) is 21.7. The van der Waals surface area contributed by atoms with Crippen LogP contribution in [-0.4, -0.2) is 31.0 Å². The van der Waals surface area contributed by atoms with E-state index in [0.717, 1.165) is 0 Å². The fourth-order valence-electron chi connectivity index (χ4n) is 1.35. The molecule has 7 nitrogen and oxygen atoms in total. The van der Waals surface area contributed by atoms with Gasteiger partial charge in [0, 0.05) is 12.1 Å². The monoisotopic (exact) mass is 263 g/mol. The highest BCUT2D eigenvalue weighted by molar-refractivity contribution is 5.94. The first-order valence-electron chi connectivity index (χ1n) is 5.35. The molecule has 7 heteroatoms. The average Bonchev–Trinajstić information content (AvgIpc) is 2.38. The van der Waals surface area contributed by atoms with Gasteiger partial charge < -0.3 is 10.1 Å². The smallest absolute Gasteiger partial charge is 0.271 e. The number of anilines is 1. The fourth-order valence-corrected chi connectivity index (χ4v) is 1.35. The number of hydrogen-bond acceptors (Lipinski definition) is 5. The lowest BCUT2D eigenvalue weighted by Crippen LogP contribution is -2.28. The lowest BCUT2D eigenvalue weighted by Gasteiger charge is -2.09. The summed E-state index contributed by atoms with van der Waals surface area (Å²) in [6, 6.07) is 3.95. The van der Waals surface area contributed by atoms with Crippen molar-refractivity contribution >= 4 is 17.3 Å². The van der Waals surface area contributed by atoms with Crippen molar-refractivity contribution in [2.45, 2.75) is 0 Å². The van der Waals surface area contributed by atoms with Gasteiger partial charge in [0.1, 0.15) is 5.75 Å². The minimum Gasteiger partial charge on any atom is -0.495 e. The molecule has 0 aliphatic carbocycles. The van der Waals surface area contributed by atoms with Gasteiger partial charge in [0.15, 0.2) is 0 Å². The number of rotatable bonds is 6. The molecule has 0 atom stereocenters. The van der Waals surface area contributed by atoms with Gasteiger partial charge in [-0.05, 0) is 6.07 Å². The molecule has 100 valence electrons. The predicted octanol–water partition coefficient (Wildman–Crippen LogP) is 0.765. The van der Waals surface area contributed by atoms with Gasteiger partial charge in [-0.1, -0.05) is 5.92 Å². The molecular weight excluding hydrogens is 250 g/mol. The summed E-state index contributed by atoms with van der Waals surface area (Å²) < 4.78 is 5.02. The summed E-state index contributed by atoms with van der Waals surface area (Å²) in [7, 11) is 1.41. The third kappa shape index (κ3) is 4.29. The van der Waals surface area contributed by atoms with Gasteiger partial charge in [-0.3, -0.25) is 20.2 Å². The van der Waals surface area contributed by atoms with Crippen LogP contribution >= 0.6 is 0 Å². The molecule has 2 N–H and O–H groups in total. The van der Waals surface area contributed by atoms with E-state index in [1.54, 1.807) is 0 Å². The van der Waals surface area contributed by atoms with E-state index in [0.29, 0.717) is 5.75 Å². The number of benzene rings is 1. The van der Waals surface area contributed by atoms with E-state index in [1.807, 2.05) is 0 Å². The molecule has 0 unspecified atom stereocenters. The number of nitro benzene ring substituents is 1. The highest BCUT2D eigenvalue weighted by atomic mass is 16.6. The highest BCUT2D eigenvalue weighted by Crippen LogP contribution is 2.28. The summed E-state index contributed by atoms with van der Waals surface area (Å²) in [5, 5.41) is 15.9. The molecule has 0 spiro atoms. The Morgan fingerprint density at radius 3 is 2.89 bits per heavy atom. The van der Waals surface area contributed by atoms with Gasteiger partial charge in [0.05, 0.1) is 30.8 Å². The minimum atomic E-state index is -0.550. The summed E-state index contributed by atoms with van der Waals surface area (Å²) in [5.41, 5.74) is 0.108. The van der Waals surface area contributed by atoms with Crippen LogP contribution in [-0.2, 0) is 4.79 Å². The Kier molecular flexibility index (Phi) is 5.32. The minimum absolute atomic E-state index is 0.00997. The van der Waals surface area contributed by atoms with E-state index >= 15 is 0 Å². The van der Waals surface area contributed by atoms with Crippen molar-refractivity contribution in [3.63, 3.8) is 0 Å². The third-order valence-electron chi connectivity index (χ3n) is 2.18. The molecule has 1 aromatic carbocycles. The lowest BCUT2D eigenvalue weighted by molar-refractivity contribution is -0.384. The number of carbonyl (C=O) groups excluding carboxylic acids is 1. The van der Waals surface area contributed by atoms with E-state index in [4.69, 9.17) is 11.2 Å². The first kappa shape index (κ1) is 14.5. The molecule has 0 aromatic heterocycles. The van der Waals surface area contributed by atoms with Crippen molar-refractivity contribution in [1.82, 2.24) is 5.32 Å². The largest absolute Gasteiger partial charge is 0.495 e. The number of ether oxygens (including phenoxy) is 1. The Bertz CT molecular complexity index is 522. The molecule has 0 aliphatic rings. The zero-order valence-electron chi connectivity index (χ0n) is 10.3. The molecule has 19 heavy (non-hydrogen) atoms. The lowest BCUT2D eigenvalue weighted by atomic mass is 10.2. The number of non-ortho nitro benzene ring substituents is 1. The van der Waals surface area contributed by atoms with Gasteiger partial charge in [-0.25, -0.2) is 0 Å². The molecular formula is C12H13N3O4. The summed E-state index contributed by atoms with van der Waals surface area (Å²) in [5.74, 6) is 2.31. The summed E-state index contributed by atoms with van der Waals surface area (Å²) in [6.07, 6.45) is 5.03. The van der Waals surface area contributed by atoms with Crippen LogP contribution in [0.15, 0.2) is 18.2 Å². The Labute approximate surface area is 110 Å². The molecule has 0 bridgehead atoms. The number of terminal acetylenes is 1. The topological polar surface area (TPSA) is 93.5 Å². The zero-order valence-corrected chi connectivity index (χ0v) is 10.3. The maximum Gasteiger partial charge on any atom is 0.271 e. The van der Waals surface area contributed by atoms with Crippen molar-refractivity contribution in [2.75, 3.05) is 25.5 Å². The van der Waals surface area contributed by atoms with Crippen LogP contribution in [0.4, 0.5) is 11.4 Å². The fraction of sp³-hybridized carbons (Fsp3) is 0.250. The Morgan fingerprint density at radius 1 is 1.58 bits per heavy atom. The molecule has 0 saturated carbocycles. The molecule has 0 saturated heterocycles. The quantitative estimate of drug-likeness (QED) is 0.342. The number of nitrogens with zero attached hydrogens (tertiary/aromatic N) is 1. The van der Waals surface area contributed by atoms with Crippen LogP contribution in [0.1, 0.15) is 0 Å². The zero-order chi connectivity index (χ0) is 14.3. The second-order valence-electron chi connectivity index (χ2n) is 3.50. The van der Waals surface area contributed by atoms with E-state index in [9.17, 15) is 14.9 Å². The van der Waals surface area contributed by atoms with Crippen LogP contribution < -0.4 is 15.4 Å². The molecule has 0 heterocycles.